The maximum Gasteiger partial charge on any atom is 0.275 e. The molecule has 9 heteroatoms. The van der Waals surface area contributed by atoms with Gasteiger partial charge in [-0.15, -0.1) is 0 Å². The Balaban J connectivity index is 1.76. The minimum absolute atomic E-state index is 0.0383. The molecule has 8 nitrogen and oxygen atoms in total. The molecule has 0 N–H and O–H groups in total. The van der Waals surface area contributed by atoms with Crippen molar-refractivity contribution in [3.8, 4) is 0 Å². The lowest BCUT2D eigenvalue weighted by Crippen LogP contribution is -2.23. The Labute approximate surface area is 135 Å². The van der Waals surface area contributed by atoms with E-state index in [4.69, 9.17) is 8.94 Å². The maximum atomic E-state index is 12.1. The van der Waals surface area contributed by atoms with E-state index in [1.54, 1.807) is 13.0 Å². The van der Waals surface area contributed by atoms with Gasteiger partial charge in [0.15, 0.2) is 5.82 Å². The summed E-state index contributed by atoms with van der Waals surface area (Å²) in [5, 5.41) is 3.96. The SMILES string of the molecule is Cc1nc([C@H]2CCCN2Cc2ccc(S(=O)(=O)N(C)C)o2)no1. The highest BCUT2D eigenvalue weighted by Crippen LogP contribution is 2.32. The largest absolute Gasteiger partial charge is 0.447 e. The summed E-state index contributed by atoms with van der Waals surface area (Å²) >= 11 is 0. The predicted molar refractivity (Wildman–Crippen MR) is 81.0 cm³/mol. The number of furan rings is 1. The highest BCUT2D eigenvalue weighted by molar-refractivity contribution is 7.88. The van der Waals surface area contributed by atoms with Gasteiger partial charge in [-0.25, -0.2) is 12.7 Å². The average molecular weight is 340 g/mol. The molecule has 1 atom stereocenters. The lowest BCUT2D eigenvalue weighted by atomic mass is 10.2. The van der Waals surface area contributed by atoms with Gasteiger partial charge in [-0.2, -0.15) is 4.98 Å². The number of nitrogens with zero attached hydrogens (tertiary/aromatic N) is 4. The highest BCUT2D eigenvalue weighted by atomic mass is 32.2. The monoisotopic (exact) mass is 340 g/mol. The molecule has 0 aromatic carbocycles. The number of rotatable bonds is 5. The van der Waals surface area contributed by atoms with E-state index >= 15 is 0 Å². The molecule has 0 unspecified atom stereocenters. The minimum atomic E-state index is -3.54. The Kier molecular flexibility index (Phi) is 4.26. The van der Waals surface area contributed by atoms with Gasteiger partial charge in [-0.1, -0.05) is 5.16 Å². The third-order valence-corrected chi connectivity index (χ3v) is 5.63. The van der Waals surface area contributed by atoms with Crippen molar-refractivity contribution in [2.75, 3.05) is 20.6 Å². The maximum absolute atomic E-state index is 12.1. The molecule has 2 aromatic heterocycles. The summed E-state index contributed by atoms with van der Waals surface area (Å²) in [4.78, 5) is 6.48. The van der Waals surface area contributed by atoms with Crippen molar-refractivity contribution in [1.82, 2.24) is 19.3 Å². The van der Waals surface area contributed by atoms with Crippen LogP contribution in [0.4, 0.5) is 0 Å². The van der Waals surface area contributed by atoms with Crippen LogP contribution < -0.4 is 0 Å². The van der Waals surface area contributed by atoms with Crippen LogP contribution in [0, 0.1) is 6.92 Å². The molecule has 1 fully saturated rings. The van der Waals surface area contributed by atoms with Gasteiger partial charge in [0, 0.05) is 21.0 Å². The number of aryl methyl sites for hydroxylation is 1. The van der Waals surface area contributed by atoms with Crippen molar-refractivity contribution in [2.24, 2.45) is 0 Å². The zero-order valence-electron chi connectivity index (χ0n) is 13.4. The highest BCUT2D eigenvalue weighted by Gasteiger charge is 2.31. The Bertz CT molecular complexity index is 780. The van der Waals surface area contributed by atoms with Gasteiger partial charge in [0.2, 0.25) is 11.0 Å². The summed E-state index contributed by atoms with van der Waals surface area (Å²) in [5.74, 6) is 1.83. The molecule has 3 rings (SSSR count). The number of hydrogen-bond donors (Lipinski definition) is 0. The first kappa shape index (κ1) is 16.2. The molecule has 0 amide bonds. The van der Waals surface area contributed by atoms with E-state index < -0.39 is 10.0 Å². The van der Waals surface area contributed by atoms with Crippen LogP contribution in [-0.4, -0.2) is 48.4 Å². The lowest BCUT2D eigenvalue weighted by molar-refractivity contribution is 0.210. The lowest BCUT2D eigenvalue weighted by Gasteiger charge is -2.20. The fraction of sp³-hybridized carbons (Fsp3) is 0.571. The molecule has 23 heavy (non-hydrogen) atoms. The fourth-order valence-electron chi connectivity index (χ4n) is 2.72. The summed E-state index contributed by atoms with van der Waals surface area (Å²) in [6.45, 7) is 3.16. The summed E-state index contributed by atoms with van der Waals surface area (Å²) in [7, 11) is -0.586. The van der Waals surface area contributed by atoms with Gasteiger partial charge < -0.3 is 8.94 Å². The molecule has 1 aliphatic rings. The van der Waals surface area contributed by atoms with Crippen LogP contribution in [0.25, 0.3) is 0 Å². The van der Waals surface area contributed by atoms with Gasteiger partial charge in [0.05, 0.1) is 12.6 Å². The van der Waals surface area contributed by atoms with E-state index in [1.807, 2.05) is 0 Å². The van der Waals surface area contributed by atoms with Crippen molar-refractivity contribution in [3.05, 3.63) is 29.6 Å². The first-order valence-corrected chi connectivity index (χ1v) is 8.87. The average Bonchev–Trinajstić information content (AvgIpc) is 3.19. The van der Waals surface area contributed by atoms with Crippen molar-refractivity contribution in [2.45, 2.75) is 37.4 Å². The molecule has 1 aliphatic heterocycles. The third kappa shape index (κ3) is 3.17. The summed E-state index contributed by atoms with van der Waals surface area (Å²) in [5.41, 5.74) is 0. The molecule has 0 aliphatic carbocycles. The molecular weight excluding hydrogens is 320 g/mol. The number of sulfonamides is 1. The third-order valence-electron chi connectivity index (χ3n) is 3.94. The van der Waals surface area contributed by atoms with Gasteiger partial charge in [0.1, 0.15) is 5.76 Å². The van der Waals surface area contributed by atoms with Crippen LogP contribution in [0.15, 0.2) is 26.2 Å². The number of likely N-dealkylation sites (tertiary alicyclic amines) is 1. The summed E-state index contributed by atoms with van der Waals surface area (Å²) in [6, 6.07) is 3.27. The Morgan fingerprint density at radius 2 is 2.17 bits per heavy atom. The van der Waals surface area contributed by atoms with Gasteiger partial charge >= 0.3 is 0 Å². The van der Waals surface area contributed by atoms with Crippen molar-refractivity contribution in [1.29, 1.82) is 0 Å². The Morgan fingerprint density at radius 3 is 2.83 bits per heavy atom. The predicted octanol–water partition coefficient (Wildman–Crippen LogP) is 1.56. The molecule has 0 radical (unpaired) electrons. The standard InChI is InChI=1S/C14H20N4O4S/c1-10-15-14(16-22-10)12-5-4-8-18(12)9-11-6-7-13(21-11)23(19,20)17(2)3/h6-7,12H,4-5,8-9H2,1-3H3/t12-/m1/s1. The van der Waals surface area contributed by atoms with Gasteiger partial charge in [-0.3, -0.25) is 4.90 Å². The van der Waals surface area contributed by atoms with E-state index in [0.29, 0.717) is 24.0 Å². The number of hydrogen-bond acceptors (Lipinski definition) is 7. The molecule has 0 saturated carbocycles. The first-order chi connectivity index (χ1) is 10.9. The fourth-order valence-corrected chi connectivity index (χ4v) is 3.53. The first-order valence-electron chi connectivity index (χ1n) is 7.43. The Morgan fingerprint density at radius 1 is 1.39 bits per heavy atom. The van der Waals surface area contributed by atoms with Crippen LogP contribution in [0.1, 0.15) is 36.4 Å². The van der Waals surface area contributed by atoms with Crippen molar-refractivity contribution >= 4 is 10.0 Å². The number of aromatic nitrogens is 2. The summed E-state index contributed by atoms with van der Waals surface area (Å²) in [6.07, 6.45) is 1.98. The Hall–Kier alpha value is -1.71. The molecule has 3 heterocycles. The van der Waals surface area contributed by atoms with Crippen molar-refractivity contribution < 1.29 is 17.4 Å². The van der Waals surface area contributed by atoms with E-state index in [0.717, 1.165) is 23.7 Å². The smallest absolute Gasteiger partial charge is 0.275 e. The second kappa shape index (κ2) is 6.06. The molecule has 1 saturated heterocycles. The molecule has 0 bridgehead atoms. The molecule has 2 aromatic rings. The van der Waals surface area contributed by atoms with Crippen LogP contribution in [-0.2, 0) is 16.6 Å². The van der Waals surface area contributed by atoms with E-state index in [2.05, 4.69) is 15.0 Å². The summed E-state index contributed by atoms with van der Waals surface area (Å²) < 4.78 is 35.8. The van der Waals surface area contributed by atoms with Gasteiger partial charge in [0.25, 0.3) is 10.0 Å². The topological polar surface area (TPSA) is 92.7 Å². The van der Waals surface area contributed by atoms with Crippen LogP contribution in [0.2, 0.25) is 0 Å². The zero-order valence-corrected chi connectivity index (χ0v) is 14.2. The second-order valence-electron chi connectivity index (χ2n) is 5.81. The van der Waals surface area contributed by atoms with E-state index in [1.165, 1.54) is 20.2 Å². The molecule has 126 valence electrons. The normalized spacial score (nSPS) is 19.7. The van der Waals surface area contributed by atoms with E-state index in [9.17, 15) is 8.42 Å². The van der Waals surface area contributed by atoms with E-state index in [-0.39, 0.29) is 11.1 Å². The zero-order chi connectivity index (χ0) is 16.6. The van der Waals surface area contributed by atoms with Crippen molar-refractivity contribution in [3.63, 3.8) is 0 Å². The quantitative estimate of drug-likeness (QED) is 0.815. The van der Waals surface area contributed by atoms with Crippen LogP contribution in [0.5, 0.6) is 0 Å². The van der Waals surface area contributed by atoms with Crippen LogP contribution >= 0.6 is 0 Å². The van der Waals surface area contributed by atoms with Gasteiger partial charge in [-0.05, 0) is 31.5 Å². The molecule has 0 spiro atoms. The van der Waals surface area contributed by atoms with Crippen LogP contribution in [0.3, 0.4) is 0 Å². The minimum Gasteiger partial charge on any atom is -0.447 e. The second-order valence-corrected chi connectivity index (χ2v) is 7.89. The molecular formula is C14H20N4O4S.